The highest BCUT2D eigenvalue weighted by Gasteiger charge is 2.35. The number of anilines is 1. The third kappa shape index (κ3) is 2.67. The summed E-state index contributed by atoms with van der Waals surface area (Å²) in [5.74, 6) is 1.34. The Labute approximate surface area is 134 Å². The van der Waals surface area contributed by atoms with Crippen molar-refractivity contribution < 1.29 is 9.59 Å². The van der Waals surface area contributed by atoms with Gasteiger partial charge in [-0.15, -0.1) is 11.3 Å². The van der Waals surface area contributed by atoms with Crippen molar-refractivity contribution in [2.24, 2.45) is 11.8 Å². The molecule has 0 radical (unpaired) electrons. The minimum Gasteiger partial charge on any atom is -0.352 e. The highest BCUT2D eigenvalue weighted by atomic mass is 32.1. The summed E-state index contributed by atoms with van der Waals surface area (Å²) in [5.41, 5.74) is 1.93. The number of hydrogen-bond donors (Lipinski definition) is 2. The molecule has 5 heteroatoms. The minimum atomic E-state index is 0.00393. The molecule has 0 aliphatic heterocycles. The Bertz CT molecular complexity index is 629. The first-order valence-electron chi connectivity index (χ1n) is 8.38. The second kappa shape index (κ2) is 5.37. The van der Waals surface area contributed by atoms with Gasteiger partial charge in [-0.1, -0.05) is 6.92 Å². The van der Waals surface area contributed by atoms with E-state index in [0.29, 0.717) is 11.8 Å². The lowest BCUT2D eigenvalue weighted by atomic mass is 10.0. The fourth-order valence-corrected chi connectivity index (χ4v) is 4.55. The minimum absolute atomic E-state index is 0.00393. The van der Waals surface area contributed by atoms with Crippen molar-refractivity contribution in [1.29, 1.82) is 0 Å². The maximum Gasteiger partial charge on any atom is 0.254 e. The molecular weight excluding hydrogens is 296 g/mol. The molecule has 22 heavy (non-hydrogen) atoms. The SMILES string of the molecule is C[C@@H]1CCc2sc(NC(=O)C3CC3)c(C(=O)NCC3CC3)c21. The van der Waals surface area contributed by atoms with Crippen LogP contribution in [0.15, 0.2) is 0 Å². The molecule has 0 bridgehead atoms. The Morgan fingerprint density at radius 1 is 1.18 bits per heavy atom. The van der Waals surface area contributed by atoms with Crippen LogP contribution in [0.4, 0.5) is 5.00 Å². The Kier molecular flexibility index (Phi) is 3.48. The number of nitrogens with one attached hydrogen (secondary N) is 2. The molecule has 1 heterocycles. The molecule has 0 aromatic carbocycles. The second-order valence-electron chi connectivity index (χ2n) is 7.00. The van der Waals surface area contributed by atoms with E-state index in [-0.39, 0.29) is 17.7 Å². The van der Waals surface area contributed by atoms with E-state index in [1.807, 2.05) is 0 Å². The monoisotopic (exact) mass is 318 g/mol. The summed E-state index contributed by atoms with van der Waals surface area (Å²) in [4.78, 5) is 26.1. The summed E-state index contributed by atoms with van der Waals surface area (Å²) in [6.07, 6.45) is 6.56. The van der Waals surface area contributed by atoms with Crippen molar-refractivity contribution in [2.45, 2.75) is 51.4 Å². The molecule has 4 rings (SSSR count). The van der Waals surface area contributed by atoms with E-state index < -0.39 is 0 Å². The zero-order valence-corrected chi connectivity index (χ0v) is 13.7. The van der Waals surface area contributed by atoms with Gasteiger partial charge in [0, 0.05) is 17.3 Å². The lowest BCUT2D eigenvalue weighted by Crippen LogP contribution is -2.27. The Morgan fingerprint density at radius 2 is 1.95 bits per heavy atom. The van der Waals surface area contributed by atoms with Crippen LogP contribution < -0.4 is 10.6 Å². The summed E-state index contributed by atoms with van der Waals surface area (Å²) in [6.45, 7) is 2.95. The van der Waals surface area contributed by atoms with E-state index in [1.54, 1.807) is 11.3 Å². The summed E-state index contributed by atoms with van der Waals surface area (Å²) in [7, 11) is 0. The quantitative estimate of drug-likeness (QED) is 0.875. The number of rotatable bonds is 5. The molecule has 4 nitrogen and oxygen atoms in total. The molecule has 118 valence electrons. The average Bonchev–Trinajstić information content (AvgIpc) is 3.39. The largest absolute Gasteiger partial charge is 0.352 e. The molecule has 1 atom stereocenters. The van der Waals surface area contributed by atoms with Crippen LogP contribution in [0.25, 0.3) is 0 Å². The van der Waals surface area contributed by atoms with Crippen LogP contribution in [0.2, 0.25) is 0 Å². The Morgan fingerprint density at radius 3 is 2.64 bits per heavy atom. The molecule has 2 amide bonds. The van der Waals surface area contributed by atoms with Gasteiger partial charge in [-0.3, -0.25) is 9.59 Å². The first kappa shape index (κ1) is 14.2. The van der Waals surface area contributed by atoms with Crippen molar-refractivity contribution in [3.05, 3.63) is 16.0 Å². The van der Waals surface area contributed by atoms with Crippen LogP contribution in [0.5, 0.6) is 0 Å². The van der Waals surface area contributed by atoms with Crippen molar-refractivity contribution in [2.75, 3.05) is 11.9 Å². The first-order valence-corrected chi connectivity index (χ1v) is 9.19. The maximum absolute atomic E-state index is 12.7. The Balaban J connectivity index is 1.60. The summed E-state index contributed by atoms with van der Waals surface area (Å²) in [6, 6.07) is 0. The number of amides is 2. The molecule has 3 aliphatic carbocycles. The van der Waals surface area contributed by atoms with Crippen molar-refractivity contribution in [3.63, 3.8) is 0 Å². The van der Waals surface area contributed by atoms with Gasteiger partial charge in [-0.05, 0) is 55.9 Å². The predicted molar refractivity (Wildman–Crippen MR) is 87.5 cm³/mol. The van der Waals surface area contributed by atoms with Crippen molar-refractivity contribution in [3.8, 4) is 0 Å². The van der Waals surface area contributed by atoms with Crippen LogP contribution in [0, 0.1) is 11.8 Å². The molecule has 3 aliphatic rings. The standard InChI is InChI=1S/C17H22N2O2S/c1-9-2-7-12-13(9)14(16(21)18-8-10-3-4-10)17(22-12)19-15(20)11-5-6-11/h9-11H,2-8H2,1H3,(H,18,21)(H,19,20)/t9-/m1/s1. The van der Waals surface area contributed by atoms with Crippen LogP contribution in [0.1, 0.15) is 65.7 Å². The van der Waals surface area contributed by atoms with Gasteiger partial charge in [0.2, 0.25) is 5.91 Å². The smallest absolute Gasteiger partial charge is 0.254 e. The van der Waals surface area contributed by atoms with Gasteiger partial charge < -0.3 is 10.6 Å². The van der Waals surface area contributed by atoms with Gasteiger partial charge in [-0.25, -0.2) is 0 Å². The molecule has 0 saturated heterocycles. The van der Waals surface area contributed by atoms with Crippen LogP contribution in [0.3, 0.4) is 0 Å². The molecule has 2 saturated carbocycles. The lowest BCUT2D eigenvalue weighted by molar-refractivity contribution is -0.117. The van der Waals surface area contributed by atoms with Gasteiger partial charge in [0.25, 0.3) is 5.91 Å². The molecule has 0 spiro atoms. The summed E-state index contributed by atoms with van der Waals surface area (Å²) in [5, 5.41) is 6.88. The number of carbonyl (C=O) groups is 2. The molecule has 1 aromatic rings. The van der Waals surface area contributed by atoms with E-state index in [1.165, 1.54) is 23.3 Å². The van der Waals surface area contributed by atoms with Crippen LogP contribution in [-0.4, -0.2) is 18.4 Å². The fourth-order valence-electron chi connectivity index (χ4n) is 3.21. The summed E-state index contributed by atoms with van der Waals surface area (Å²) < 4.78 is 0. The zero-order valence-electron chi connectivity index (χ0n) is 12.9. The molecule has 0 unspecified atom stereocenters. The Hall–Kier alpha value is -1.36. The van der Waals surface area contributed by atoms with Gasteiger partial charge in [0.05, 0.1) is 5.56 Å². The third-order valence-corrected chi connectivity index (χ3v) is 6.16. The predicted octanol–water partition coefficient (Wildman–Crippen LogP) is 3.29. The highest BCUT2D eigenvalue weighted by Crippen LogP contribution is 2.45. The summed E-state index contributed by atoms with van der Waals surface area (Å²) >= 11 is 1.61. The van der Waals surface area contributed by atoms with Gasteiger partial charge >= 0.3 is 0 Å². The number of carbonyl (C=O) groups excluding carboxylic acids is 2. The van der Waals surface area contributed by atoms with E-state index in [4.69, 9.17) is 0 Å². The van der Waals surface area contributed by atoms with Crippen LogP contribution in [-0.2, 0) is 11.2 Å². The maximum atomic E-state index is 12.7. The second-order valence-corrected chi connectivity index (χ2v) is 8.10. The van der Waals surface area contributed by atoms with Gasteiger partial charge in [-0.2, -0.15) is 0 Å². The molecular formula is C17H22N2O2S. The van der Waals surface area contributed by atoms with Gasteiger partial charge in [0.1, 0.15) is 5.00 Å². The highest BCUT2D eigenvalue weighted by molar-refractivity contribution is 7.17. The molecule has 2 N–H and O–H groups in total. The fraction of sp³-hybridized carbons (Fsp3) is 0.647. The van der Waals surface area contributed by atoms with E-state index in [0.717, 1.165) is 42.8 Å². The first-order chi connectivity index (χ1) is 10.6. The van der Waals surface area contributed by atoms with E-state index in [2.05, 4.69) is 17.6 Å². The number of thiophene rings is 1. The van der Waals surface area contributed by atoms with E-state index >= 15 is 0 Å². The lowest BCUT2D eigenvalue weighted by Gasteiger charge is -2.11. The molecule has 1 aromatic heterocycles. The number of hydrogen-bond acceptors (Lipinski definition) is 3. The van der Waals surface area contributed by atoms with Crippen molar-refractivity contribution in [1.82, 2.24) is 5.32 Å². The third-order valence-electron chi connectivity index (χ3n) is 4.98. The van der Waals surface area contributed by atoms with E-state index in [9.17, 15) is 9.59 Å². The van der Waals surface area contributed by atoms with Gasteiger partial charge in [0.15, 0.2) is 0 Å². The topological polar surface area (TPSA) is 58.2 Å². The van der Waals surface area contributed by atoms with Crippen LogP contribution >= 0.6 is 11.3 Å². The average molecular weight is 318 g/mol. The molecule has 2 fully saturated rings. The zero-order chi connectivity index (χ0) is 15.3. The normalized spacial score (nSPS) is 23.2. The van der Waals surface area contributed by atoms with Crippen molar-refractivity contribution >= 4 is 28.2 Å². The number of fused-ring (bicyclic) bond motifs is 1. The number of aryl methyl sites for hydroxylation is 1.